The van der Waals surface area contributed by atoms with Crippen molar-refractivity contribution in [2.45, 2.75) is 11.4 Å². The molecule has 106 valence electrons. The number of pyridine rings is 1. The normalized spacial score (nSPS) is 11.3. The molecule has 0 amide bonds. The number of benzene rings is 1. The first kappa shape index (κ1) is 15.0. The molecule has 0 aliphatic carbocycles. The van der Waals surface area contributed by atoms with Crippen molar-refractivity contribution >= 4 is 31.8 Å². The van der Waals surface area contributed by atoms with E-state index in [0.717, 1.165) is 10.0 Å². The van der Waals surface area contributed by atoms with E-state index in [1.807, 2.05) is 24.3 Å². The number of sulfonamides is 1. The molecule has 0 aliphatic rings. The number of hydrogen-bond donors (Lipinski definition) is 2. The number of aromatic nitrogens is 1. The molecule has 0 fully saturated rings. The van der Waals surface area contributed by atoms with Gasteiger partial charge in [0, 0.05) is 30.3 Å². The zero-order valence-corrected chi connectivity index (χ0v) is 13.2. The van der Waals surface area contributed by atoms with Gasteiger partial charge in [0.25, 0.3) is 0 Å². The molecule has 0 unspecified atom stereocenters. The van der Waals surface area contributed by atoms with E-state index in [0.29, 0.717) is 5.82 Å². The lowest BCUT2D eigenvalue weighted by Gasteiger charge is -2.08. The molecule has 0 radical (unpaired) electrons. The Morgan fingerprint density at radius 1 is 1.20 bits per heavy atom. The Labute approximate surface area is 126 Å². The molecule has 0 bridgehead atoms. The van der Waals surface area contributed by atoms with Gasteiger partial charge in [-0.3, -0.25) is 0 Å². The maximum atomic E-state index is 12.2. The molecule has 0 saturated carbocycles. The second-order valence-corrected chi connectivity index (χ2v) is 6.76. The Bertz CT molecular complexity index is 687. The molecular weight excluding hydrogens is 342 g/mol. The summed E-state index contributed by atoms with van der Waals surface area (Å²) >= 11 is 3.34. The quantitative estimate of drug-likeness (QED) is 0.863. The van der Waals surface area contributed by atoms with Crippen LogP contribution in [0.4, 0.5) is 5.82 Å². The predicted octanol–water partition coefficient (Wildman–Crippen LogP) is 2.36. The van der Waals surface area contributed by atoms with E-state index in [2.05, 4.69) is 31.0 Å². The molecule has 5 nitrogen and oxygen atoms in total. The van der Waals surface area contributed by atoms with Crippen LogP contribution in [0.5, 0.6) is 0 Å². The summed E-state index contributed by atoms with van der Waals surface area (Å²) in [7, 11) is -1.85. The van der Waals surface area contributed by atoms with Crippen LogP contribution in [0.15, 0.2) is 52.0 Å². The monoisotopic (exact) mass is 355 g/mol. The minimum absolute atomic E-state index is 0.189. The molecular formula is C13H14BrN3O2S. The highest BCUT2D eigenvalue weighted by atomic mass is 79.9. The zero-order chi connectivity index (χ0) is 14.6. The van der Waals surface area contributed by atoms with Gasteiger partial charge in [0.15, 0.2) is 0 Å². The fourth-order valence-corrected chi connectivity index (χ4v) is 2.87. The van der Waals surface area contributed by atoms with Crippen LogP contribution in [0, 0.1) is 0 Å². The van der Waals surface area contributed by atoms with E-state index in [9.17, 15) is 8.42 Å². The fourth-order valence-electron chi connectivity index (χ4n) is 1.58. The lowest BCUT2D eigenvalue weighted by Crippen LogP contribution is -2.23. The average Bonchev–Trinajstić information content (AvgIpc) is 2.47. The molecule has 2 N–H and O–H groups in total. The van der Waals surface area contributed by atoms with Crippen LogP contribution in [0.2, 0.25) is 0 Å². The van der Waals surface area contributed by atoms with Crippen molar-refractivity contribution in [2.75, 3.05) is 12.4 Å². The van der Waals surface area contributed by atoms with Crippen LogP contribution in [0.25, 0.3) is 0 Å². The summed E-state index contributed by atoms with van der Waals surface area (Å²) in [6, 6.07) is 10.4. The Morgan fingerprint density at radius 2 is 1.90 bits per heavy atom. The third kappa shape index (κ3) is 3.78. The maximum absolute atomic E-state index is 12.2. The summed E-state index contributed by atoms with van der Waals surface area (Å²) in [5.74, 6) is 0.511. The van der Waals surface area contributed by atoms with Crippen LogP contribution in [0.1, 0.15) is 5.56 Å². The molecule has 7 heteroatoms. The summed E-state index contributed by atoms with van der Waals surface area (Å²) in [5.41, 5.74) is 0.889. The van der Waals surface area contributed by atoms with Crippen molar-refractivity contribution in [1.82, 2.24) is 9.71 Å². The van der Waals surface area contributed by atoms with Gasteiger partial charge in [-0.25, -0.2) is 18.1 Å². The van der Waals surface area contributed by atoms with E-state index in [1.165, 1.54) is 18.3 Å². The van der Waals surface area contributed by atoms with Crippen molar-refractivity contribution in [3.63, 3.8) is 0 Å². The van der Waals surface area contributed by atoms with E-state index in [-0.39, 0.29) is 11.4 Å². The predicted molar refractivity (Wildman–Crippen MR) is 82.0 cm³/mol. The Kier molecular flexibility index (Phi) is 4.74. The average molecular weight is 356 g/mol. The zero-order valence-electron chi connectivity index (χ0n) is 10.8. The minimum atomic E-state index is -3.54. The molecule has 1 aromatic heterocycles. The lowest BCUT2D eigenvalue weighted by atomic mass is 10.2. The van der Waals surface area contributed by atoms with Crippen molar-refractivity contribution in [2.24, 2.45) is 0 Å². The van der Waals surface area contributed by atoms with Gasteiger partial charge in [-0.15, -0.1) is 0 Å². The SMILES string of the molecule is CNc1cc(S(=O)(=O)NCc2ccc(Br)cc2)ccn1. The van der Waals surface area contributed by atoms with E-state index >= 15 is 0 Å². The number of anilines is 1. The summed E-state index contributed by atoms with van der Waals surface area (Å²) in [6.07, 6.45) is 1.46. The van der Waals surface area contributed by atoms with Gasteiger partial charge < -0.3 is 5.32 Å². The highest BCUT2D eigenvalue weighted by Crippen LogP contribution is 2.14. The number of nitrogens with zero attached hydrogens (tertiary/aromatic N) is 1. The van der Waals surface area contributed by atoms with Gasteiger partial charge >= 0.3 is 0 Å². The summed E-state index contributed by atoms with van der Waals surface area (Å²) in [6.45, 7) is 0.243. The van der Waals surface area contributed by atoms with Crippen molar-refractivity contribution in [1.29, 1.82) is 0 Å². The lowest BCUT2D eigenvalue weighted by molar-refractivity contribution is 0.581. The molecule has 0 saturated heterocycles. The number of hydrogen-bond acceptors (Lipinski definition) is 4. The van der Waals surface area contributed by atoms with Gasteiger partial charge in [0.2, 0.25) is 10.0 Å². The fraction of sp³-hybridized carbons (Fsp3) is 0.154. The molecule has 2 aromatic rings. The molecule has 1 heterocycles. The molecule has 0 atom stereocenters. The molecule has 2 rings (SSSR count). The van der Waals surface area contributed by atoms with Gasteiger partial charge in [0.1, 0.15) is 5.82 Å². The van der Waals surface area contributed by atoms with Crippen LogP contribution >= 0.6 is 15.9 Å². The molecule has 1 aromatic carbocycles. The van der Waals surface area contributed by atoms with E-state index < -0.39 is 10.0 Å². The first-order valence-corrected chi connectivity index (χ1v) is 8.17. The second kappa shape index (κ2) is 6.34. The Morgan fingerprint density at radius 3 is 2.55 bits per heavy atom. The van der Waals surface area contributed by atoms with Crippen molar-refractivity contribution < 1.29 is 8.42 Å². The maximum Gasteiger partial charge on any atom is 0.241 e. The standard InChI is InChI=1S/C13H14BrN3O2S/c1-15-13-8-12(6-7-16-13)20(18,19)17-9-10-2-4-11(14)5-3-10/h2-8,17H,9H2,1H3,(H,15,16). The molecule has 20 heavy (non-hydrogen) atoms. The highest BCUT2D eigenvalue weighted by Gasteiger charge is 2.14. The largest absolute Gasteiger partial charge is 0.373 e. The summed E-state index contributed by atoms with van der Waals surface area (Å²) < 4.78 is 27.8. The van der Waals surface area contributed by atoms with Gasteiger partial charge in [0.05, 0.1) is 4.90 Å². The van der Waals surface area contributed by atoms with E-state index in [1.54, 1.807) is 7.05 Å². The Balaban J connectivity index is 2.12. The van der Waals surface area contributed by atoms with Crippen molar-refractivity contribution in [3.05, 3.63) is 52.6 Å². The first-order chi connectivity index (χ1) is 9.51. The third-order valence-electron chi connectivity index (χ3n) is 2.68. The van der Waals surface area contributed by atoms with E-state index in [4.69, 9.17) is 0 Å². The summed E-state index contributed by atoms with van der Waals surface area (Å²) in [4.78, 5) is 4.18. The number of rotatable bonds is 5. The van der Waals surface area contributed by atoms with Crippen molar-refractivity contribution in [3.8, 4) is 0 Å². The topological polar surface area (TPSA) is 71.1 Å². The molecule has 0 aliphatic heterocycles. The Hall–Kier alpha value is -1.44. The van der Waals surface area contributed by atoms with Gasteiger partial charge in [-0.05, 0) is 23.8 Å². The van der Waals surface area contributed by atoms with Gasteiger partial charge in [-0.1, -0.05) is 28.1 Å². The number of halogens is 1. The van der Waals surface area contributed by atoms with Crippen LogP contribution in [-0.4, -0.2) is 20.4 Å². The molecule has 0 spiro atoms. The number of nitrogens with one attached hydrogen (secondary N) is 2. The van der Waals surface area contributed by atoms with Crippen LogP contribution < -0.4 is 10.0 Å². The summed E-state index contributed by atoms with van der Waals surface area (Å²) in [5, 5.41) is 2.81. The smallest absolute Gasteiger partial charge is 0.241 e. The second-order valence-electron chi connectivity index (χ2n) is 4.08. The van der Waals surface area contributed by atoms with Gasteiger partial charge in [-0.2, -0.15) is 0 Å². The third-order valence-corrected chi connectivity index (χ3v) is 4.60. The highest BCUT2D eigenvalue weighted by molar-refractivity contribution is 9.10. The minimum Gasteiger partial charge on any atom is -0.373 e. The van der Waals surface area contributed by atoms with Crippen LogP contribution in [-0.2, 0) is 16.6 Å². The first-order valence-electron chi connectivity index (χ1n) is 5.89. The van der Waals surface area contributed by atoms with Crippen LogP contribution in [0.3, 0.4) is 0 Å².